The molecule has 0 radical (unpaired) electrons. The SMILES string of the molecule is CNC(=O)OC1(O)CCN(c2cnc(C(=O)c3cccc(F)c3Cl)c(Cl)n2)CC1. The fourth-order valence-electron chi connectivity index (χ4n) is 2.88. The number of halogens is 3. The summed E-state index contributed by atoms with van der Waals surface area (Å²) >= 11 is 12.0. The maximum atomic E-state index is 13.6. The van der Waals surface area contributed by atoms with E-state index in [0.717, 1.165) is 6.07 Å². The van der Waals surface area contributed by atoms with Gasteiger partial charge in [-0.1, -0.05) is 29.3 Å². The molecule has 11 heteroatoms. The maximum Gasteiger partial charge on any atom is 0.409 e. The van der Waals surface area contributed by atoms with Crippen molar-refractivity contribution >= 4 is 40.9 Å². The van der Waals surface area contributed by atoms with Crippen molar-refractivity contribution in [2.24, 2.45) is 0 Å². The Bertz CT molecular complexity index is 951. The van der Waals surface area contributed by atoms with Crippen LogP contribution in [0.15, 0.2) is 24.4 Å². The second-order valence-corrected chi connectivity index (χ2v) is 7.11. The highest BCUT2D eigenvalue weighted by Crippen LogP contribution is 2.29. The Morgan fingerprint density at radius 3 is 2.62 bits per heavy atom. The van der Waals surface area contributed by atoms with Gasteiger partial charge in [0.15, 0.2) is 5.15 Å². The third-order valence-corrected chi connectivity index (χ3v) is 5.13. The van der Waals surface area contributed by atoms with Crippen LogP contribution in [0.4, 0.5) is 15.0 Å². The average molecular weight is 443 g/mol. The van der Waals surface area contributed by atoms with E-state index in [0.29, 0.717) is 18.9 Å². The first-order chi connectivity index (χ1) is 13.7. The van der Waals surface area contributed by atoms with Crippen molar-refractivity contribution < 1.29 is 23.8 Å². The average Bonchev–Trinajstić information content (AvgIpc) is 2.69. The van der Waals surface area contributed by atoms with Gasteiger partial charge in [0.05, 0.1) is 11.2 Å². The zero-order valence-corrected chi connectivity index (χ0v) is 16.8. The Morgan fingerprint density at radius 2 is 2.00 bits per heavy atom. The van der Waals surface area contributed by atoms with Crippen LogP contribution in [-0.2, 0) is 4.74 Å². The molecule has 1 aliphatic heterocycles. The van der Waals surface area contributed by atoms with Crippen LogP contribution in [0.3, 0.4) is 0 Å². The molecule has 2 aromatic rings. The van der Waals surface area contributed by atoms with Crippen LogP contribution in [0.5, 0.6) is 0 Å². The second-order valence-electron chi connectivity index (χ2n) is 6.37. The highest BCUT2D eigenvalue weighted by Gasteiger charge is 2.36. The quantitative estimate of drug-likeness (QED) is 0.553. The summed E-state index contributed by atoms with van der Waals surface area (Å²) in [5, 5.41) is 12.1. The van der Waals surface area contributed by atoms with Gasteiger partial charge in [-0.2, -0.15) is 0 Å². The molecule has 3 rings (SSSR count). The van der Waals surface area contributed by atoms with Crippen LogP contribution < -0.4 is 10.2 Å². The molecule has 1 saturated heterocycles. The topological polar surface area (TPSA) is 105 Å². The first-order valence-corrected chi connectivity index (χ1v) is 9.39. The van der Waals surface area contributed by atoms with Crippen LogP contribution in [0.1, 0.15) is 28.9 Å². The van der Waals surface area contributed by atoms with Gasteiger partial charge in [0.1, 0.15) is 17.3 Å². The number of aromatic nitrogens is 2. The minimum atomic E-state index is -1.57. The Hall–Kier alpha value is -2.49. The molecule has 1 amide bonds. The lowest BCUT2D eigenvalue weighted by Crippen LogP contribution is -2.48. The predicted molar refractivity (Wildman–Crippen MR) is 104 cm³/mol. The van der Waals surface area contributed by atoms with Crippen molar-refractivity contribution in [1.82, 2.24) is 15.3 Å². The predicted octanol–water partition coefficient (Wildman–Crippen LogP) is 2.80. The fourth-order valence-corrected chi connectivity index (χ4v) is 3.31. The van der Waals surface area contributed by atoms with Crippen LogP contribution in [0, 0.1) is 5.82 Å². The molecule has 0 bridgehead atoms. The van der Waals surface area contributed by atoms with Crippen LogP contribution in [0.25, 0.3) is 0 Å². The second kappa shape index (κ2) is 8.48. The number of ketones is 1. The fraction of sp³-hybridized carbons (Fsp3) is 0.333. The molecule has 29 heavy (non-hydrogen) atoms. The van der Waals surface area contributed by atoms with E-state index in [1.54, 1.807) is 4.90 Å². The molecular formula is C18H17Cl2FN4O4. The molecule has 0 aliphatic carbocycles. The van der Waals surface area contributed by atoms with E-state index in [9.17, 15) is 19.1 Å². The van der Waals surface area contributed by atoms with E-state index in [4.69, 9.17) is 27.9 Å². The molecule has 0 unspecified atom stereocenters. The first-order valence-electron chi connectivity index (χ1n) is 8.63. The van der Waals surface area contributed by atoms with Gasteiger partial charge in [-0.05, 0) is 12.1 Å². The van der Waals surface area contributed by atoms with Gasteiger partial charge in [0.2, 0.25) is 11.6 Å². The molecule has 1 aromatic heterocycles. The molecule has 2 N–H and O–H groups in total. The number of carbonyl (C=O) groups is 2. The van der Waals surface area contributed by atoms with Crippen LogP contribution >= 0.6 is 23.2 Å². The maximum absolute atomic E-state index is 13.6. The van der Waals surface area contributed by atoms with Crippen molar-refractivity contribution in [2.75, 3.05) is 25.0 Å². The molecule has 0 atom stereocenters. The summed E-state index contributed by atoms with van der Waals surface area (Å²) in [4.78, 5) is 34.0. The highest BCUT2D eigenvalue weighted by atomic mass is 35.5. The zero-order valence-electron chi connectivity index (χ0n) is 15.3. The van der Waals surface area contributed by atoms with Gasteiger partial charge in [0, 0.05) is 38.5 Å². The molecular weight excluding hydrogens is 426 g/mol. The minimum Gasteiger partial charge on any atom is -0.417 e. The third-order valence-electron chi connectivity index (χ3n) is 4.48. The van der Waals surface area contributed by atoms with Crippen molar-refractivity contribution in [3.8, 4) is 0 Å². The van der Waals surface area contributed by atoms with Gasteiger partial charge in [-0.25, -0.2) is 19.2 Å². The van der Waals surface area contributed by atoms with Crippen molar-refractivity contribution in [3.05, 3.63) is 51.6 Å². The molecule has 1 fully saturated rings. The van der Waals surface area contributed by atoms with Crippen molar-refractivity contribution in [2.45, 2.75) is 18.6 Å². The Labute approximate surface area is 175 Å². The summed E-state index contributed by atoms with van der Waals surface area (Å²) in [6.45, 7) is 0.642. The normalized spacial score (nSPS) is 15.7. The number of piperidine rings is 1. The summed E-state index contributed by atoms with van der Waals surface area (Å²) < 4.78 is 18.6. The number of ether oxygens (including phenoxy) is 1. The lowest BCUT2D eigenvalue weighted by molar-refractivity contribution is -0.173. The van der Waals surface area contributed by atoms with E-state index in [1.165, 1.54) is 25.4 Å². The number of amides is 1. The van der Waals surface area contributed by atoms with E-state index in [-0.39, 0.29) is 34.3 Å². The van der Waals surface area contributed by atoms with Crippen LogP contribution in [0.2, 0.25) is 10.2 Å². The number of aliphatic hydroxyl groups is 1. The molecule has 0 saturated carbocycles. The van der Waals surface area contributed by atoms with E-state index < -0.39 is 23.5 Å². The number of rotatable bonds is 4. The molecule has 154 valence electrons. The lowest BCUT2D eigenvalue weighted by atomic mass is 10.0. The van der Waals surface area contributed by atoms with Crippen molar-refractivity contribution in [3.63, 3.8) is 0 Å². The summed E-state index contributed by atoms with van der Waals surface area (Å²) in [7, 11) is 1.40. The summed E-state index contributed by atoms with van der Waals surface area (Å²) in [5.41, 5.74) is -0.218. The minimum absolute atomic E-state index is 0.0648. The smallest absolute Gasteiger partial charge is 0.409 e. The monoisotopic (exact) mass is 442 g/mol. The number of anilines is 1. The summed E-state index contributed by atoms with van der Waals surface area (Å²) in [6.07, 6.45) is 0.942. The van der Waals surface area contributed by atoms with Gasteiger partial charge in [-0.3, -0.25) is 4.79 Å². The highest BCUT2D eigenvalue weighted by molar-refractivity contribution is 6.37. The molecule has 1 aliphatic rings. The number of nitrogens with one attached hydrogen (secondary N) is 1. The van der Waals surface area contributed by atoms with Gasteiger partial charge in [-0.15, -0.1) is 0 Å². The Morgan fingerprint density at radius 1 is 1.31 bits per heavy atom. The number of hydrogen-bond donors (Lipinski definition) is 2. The van der Waals surface area contributed by atoms with Crippen molar-refractivity contribution in [1.29, 1.82) is 0 Å². The van der Waals surface area contributed by atoms with Crippen LogP contribution in [-0.4, -0.2) is 52.9 Å². The summed E-state index contributed by atoms with van der Waals surface area (Å²) in [5.74, 6) is -2.56. The number of benzene rings is 1. The van der Waals surface area contributed by atoms with E-state index >= 15 is 0 Å². The van der Waals surface area contributed by atoms with E-state index in [1.807, 2.05) is 0 Å². The number of hydrogen-bond acceptors (Lipinski definition) is 7. The van der Waals surface area contributed by atoms with Gasteiger partial charge >= 0.3 is 6.09 Å². The Kier molecular flexibility index (Phi) is 6.21. The van der Waals surface area contributed by atoms with E-state index in [2.05, 4.69) is 15.3 Å². The number of carbonyl (C=O) groups excluding carboxylic acids is 2. The lowest BCUT2D eigenvalue weighted by Gasteiger charge is -2.37. The molecule has 0 spiro atoms. The largest absolute Gasteiger partial charge is 0.417 e. The molecule has 1 aromatic carbocycles. The first kappa shape index (κ1) is 21.2. The number of alkyl carbamates (subject to hydrolysis) is 1. The Balaban J connectivity index is 1.74. The number of nitrogens with zero attached hydrogens (tertiary/aromatic N) is 3. The van der Waals surface area contributed by atoms with Gasteiger partial charge < -0.3 is 20.1 Å². The van der Waals surface area contributed by atoms with Gasteiger partial charge in [0.25, 0.3) is 0 Å². The molecule has 8 nitrogen and oxygen atoms in total. The molecule has 2 heterocycles. The third kappa shape index (κ3) is 4.58. The summed E-state index contributed by atoms with van der Waals surface area (Å²) in [6, 6.07) is 3.87. The standard InChI is InChI=1S/C18H17Cl2FN4O4/c1-22-17(27)29-18(28)5-7-25(8-6-18)12-9-23-14(16(20)24-12)15(26)10-3-2-4-11(21)13(10)19/h2-4,9,28H,5-8H2,1H3,(H,22,27). The zero-order chi connectivity index (χ0) is 21.2.